The Labute approximate surface area is 114 Å². The summed E-state index contributed by atoms with van der Waals surface area (Å²) in [6.45, 7) is 4.51. The molecule has 0 radical (unpaired) electrons. The van der Waals surface area contributed by atoms with Gasteiger partial charge in [0.2, 0.25) is 0 Å². The maximum absolute atomic E-state index is 5.64. The molecule has 2 heterocycles. The minimum Gasteiger partial charge on any atom is -0.465 e. The summed E-state index contributed by atoms with van der Waals surface area (Å²) in [5, 5.41) is 0. The maximum Gasteiger partial charge on any atom is 0.118 e. The molecule has 0 saturated carbocycles. The van der Waals surface area contributed by atoms with Crippen molar-refractivity contribution in [3.63, 3.8) is 0 Å². The van der Waals surface area contributed by atoms with Crippen LogP contribution in [0.25, 0.3) is 0 Å². The number of fused-ring (bicyclic) bond motifs is 1. The quantitative estimate of drug-likeness (QED) is 0.918. The molecular formula is C16H20N2O. The highest BCUT2D eigenvalue weighted by Crippen LogP contribution is 2.29. The summed E-state index contributed by atoms with van der Waals surface area (Å²) in [6.07, 6.45) is 2.41. The van der Waals surface area contributed by atoms with Crippen LogP contribution < -0.4 is 10.6 Å². The number of nitrogens with zero attached hydrogens (tertiary/aromatic N) is 1. The molecule has 3 rings (SSSR count). The van der Waals surface area contributed by atoms with Gasteiger partial charge in [0, 0.05) is 24.3 Å². The van der Waals surface area contributed by atoms with Crippen LogP contribution >= 0.6 is 0 Å². The summed E-state index contributed by atoms with van der Waals surface area (Å²) in [4.78, 5) is 2.44. The van der Waals surface area contributed by atoms with Crippen molar-refractivity contribution in [3.05, 3.63) is 53.0 Å². The zero-order chi connectivity index (χ0) is 13.2. The van der Waals surface area contributed by atoms with E-state index >= 15 is 0 Å². The first kappa shape index (κ1) is 12.3. The van der Waals surface area contributed by atoms with Crippen molar-refractivity contribution in [2.75, 3.05) is 11.4 Å². The van der Waals surface area contributed by atoms with E-state index in [0.29, 0.717) is 6.54 Å². The Morgan fingerprint density at radius 1 is 1.32 bits per heavy atom. The van der Waals surface area contributed by atoms with Gasteiger partial charge in [-0.1, -0.05) is 18.2 Å². The van der Waals surface area contributed by atoms with Crippen molar-refractivity contribution in [2.45, 2.75) is 32.9 Å². The molecule has 1 aromatic carbocycles. The van der Waals surface area contributed by atoms with Gasteiger partial charge in [-0.3, -0.25) is 0 Å². The third-order valence-electron chi connectivity index (χ3n) is 3.84. The van der Waals surface area contributed by atoms with Gasteiger partial charge in [-0.15, -0.1) is 0 Å². The number of furan rings is 1. The first-order valence-electron chi connectivity index (χ1n) is 6.89. The number of rotatable bonds is 3. The fourth-order valence-corrected chi connectivity index (χ4v) is 2.83. The van der Waals surface area contributed by atoms with Crippen LogP contribution in [0.3, 0.4) is 0 Å². The van der Waals surface area contributed by atoms with E-state index in [4.69, 9.17) is 10.2 Å². The predicted molar refractivity (Wildman–Crippen MR) is 77.1 cm³/mol. The fourth-order valence-electron chi connectivity index (χ4n) is 2.83. The van der Waals surface area contributed by atoms with Crippen LogP contribution in [0, 0.1) is 6.92 Å². The molecule has 0 atom stereocenters. The highest BCUT2D eigenvalue weighted by atomic mass is 16.3. The largest absolute Gasteiger partial charge is 0.465 e. The first-order valence-corrected chi connectivity index (χ1v) is 6.89. The molecule has 0 fully saturated rings. The Morgan fingerprint density at radius 2 is 2.16 bits per heavy atom. The maximum atomic E-state index is 5.64. The van der Waals surface area contributed by atoms with E-state index in [1.165, 1.54) is 29.7 Å². The van der Waals surface area contributed by atoms with Crippen molar-refractivity contribution in [3.8, 4) is 0 Å². The Balaban J connectivity index is 1.86. The average Bonchev–Trinajstić information content (AvgIpc) is 2.80. The van der Waals surface area contributed by atoms with Gasteiger partial charge in [0.25, 0.3) is 0 Å². The lowest BCUT2D eigenvalue weighted by atomic mass is 10.0. The third-order valence-corrected chi connectivity index (χ3v) is 3.84. The minimum absolute atomic E-state index is 0.470. The summed E-state index contributed by atoms with van der Waals surface area (Å²) in [5.41, 5.74) is 9.70. The minimum atomic E-state index is 0.470. The number of anilines is 1. The van der Waals surface area contributed by atoms with Crippen LogP contribution in [0.4, 0.5) is 5.69 Å². The van der Waals surface area contributed by atoms with Gasteiger partial charge in [0.15, 0.2) is 0 Å². The fraction of sp³-hybridized carbons (Fsp3) is 0.375. The van der Waals surface area contributed by atoms with E-state index in [0.717, 1.165) is 24.6 Å². The second-order valence-corrected chi connectivity index (χ2v) is 5.15. The SMILES string of the molecule is Cc1oc(CN)cc1CN1CCCc2ccccc21. The number of para-hydroxylation sites is 1. The monoisotopic (exact) mass is 256 g/mol. The van der Waals surface area contributed by atoms with Crippen molar-refractivity contribution in [2.24, 2.45) is 5.73 Å². The predicted octanol–water partition coefficient (Wildman–Crippen LogP) is 3.00. The molecule has 0 amide bonds. The summed E-state index contributed by atoms with van der Waals surface area (Å²) >= 11 is 0. The Kier molecular flexibility index (Phi) is 3.30. The van der Waals surface area contributed by atoms with Crippen molar-refractivity contribution in [1.29, 1.82) is 0 Å². The van der Waals surface area contributed by atoms with Crippen molar-refractivity contribution < 1.29 is 4.42 Å². The van der Waals surface area contributed by atoms with Gasteiger partial charge >= 0.3 is 0 Å². The second-order valence-electron chi connectivity index (χ2n) is 5.15. The molecule has 0 saturated heterocycles. The van der Waals surface area contributed by atoms with E-state index in [9.17, 15) is 0 Å². The number of hydrogen-bond donors (Lipinski definition) is 1. The molecule has 19 heavy (non-hydrogen) atoms. The lowest BCUT2D eigenvalue weighted by molar-refractivity contribution is 0.482. The van der Waals surface area contributed by atoms with Crippen molar-refractivity contribution >= 4 is 5.69 Å². The zero-order valence-electron chi connectivity index (χ0n) is 11.4. The van der Waals surface area contributed by atoms with Gasteiger partial charge in [0.1, 0.15) is 11.5 Å². The molecule has 0 unspecified atom stereocenters. The number of hydrogen-bond acceptors (Lipinski definition) is 3. The van der Waals surface area contributed by atoms with E-state index in [2.05, 4.69) is 35.2 Å². The molecule has 2 aromatic rings. The Hall–Kier alpha value is -1.74. The van der Waals surface area contributed by atoms with Crippen LogP contribution in [-0.2, 0) is 19.5 Å². The standard InChI is InChI=1S/C16H20N2O/c1-12-14(9-15(10-17)19-12)11-18-8-4-6-13-5-2-3-7-16(13)18/h2-3,5,7,9H,4,6,8,10-11,17H2,1H3. The van der Waals surface area contributed by atoms with Gasteiger partial charge < -0.3 is 15.1 Å². The average molecular weight is 256 g/mol. The lowest BCUT2D eigenvalue weighted by Gasteiger charge is -2.31. The topological polar surface area (TPSA) is 42.4 Å². The van der Waals surface area contributed by atoms with E-state index in [-0.39, 0.29) is 0 Å². The molecule has 0 aliphatic carbocycles. The van der Waals surface area contributed by atoms with Crippen LogP contribution in [0.2, 0.25) is 0 Å². The molecule has 100 valence electrons. The lowest BCUT2D eigenvalue weighted by Crippen LogP contribution is -2.28. The summed E-state index contributed by atoms with van der Waals surface area (Å²) in [5.74, 6) is 1.86. The van der Waals surface area contributed by atoms with Crippen LogP contribution in [0.15, 0.2) is 34.7 Å². The summed E-state index contributed by atoms with van der Waals surface area (Å²) in [7, 11) is 0. The smallest absolute Gasteiger partial charge is 0.118 e. The zero-order valence-corrected chi connectivity index (χ0v) is 11.4. The number of aryl methyl sites for hydroxylation is 2. The normalized spacial score (nSPS) is 14.5. The number of benzene rings is 1. The molecule has 1 aromatic heterocycles. The van der Waals surface area contributed by atoms with Gasteiger partial charge in [-0.25, -0.2) is 0 Å². The first-order chi connectivity index (χ1) is 9.28. The molecule has 3 heteroatoms. The molecule has 0 bridgehead atoms. The van der Waals surface area contributed by atoms with E-state index < -0.39 is 0 Å². The summed E-state index contributed by atoms with van der Waals surface area (Å²) < 4.78 is 5.64. The summed E-state index contributed by atoms with van der Waals surface area (Å²) in [6, 6.07) is 10.8. The van der Waals surface area contributed by atoms with Gasteiger partial charge in [0.05, 0.1) is 6.54 Å². The van der Waals surface area contributed by atoms with Gasteiger partial charge in [-0.05, 0) is 37.5 Å². The van der Waals surface area contributed by atoms with Crippen LogP contribution in [0.5, 0.6) is 0 Å². The third kappa shape index (κ3) is 2.38. The van der Waals surface area contributed by atoms with Crippen LogP contribution in [0.1, 0.15) is 29.1 Å². The number of nitrogens with two attached hydrogens (primary N) is 1. The van der Waals surface area contributed by atoms with Crippen LogP contribution in [-0.4, -0.2) is 6.54 Å². The van der Waals surface area contributed by atoms with E-state index in [1.54, 1.807) is 0 Å². The molecule has 0 spiro atoms. The molecule has 2 N–H and O–H groups in total. The Morgan fingerprint density at radius 3 is 2.95 bits per heavy atom. The van der Waals surface area contributed by atoms with E-state index in [1.807, 2.05) is 6.92 Å². The van der Waals surface area contributed by atoms with Gasteiger partial charge in [-0.2, -0.15) is 0 Å². The molecule has 1 aliphatic rings. The highest BCUT2D eigenvalue weighted by molar-refractivity contribution is 5.55. The molecule has 1 aliphatic heterocycles. The highest BCUT2D eigenvalue weighted by Gasteiger charge is 2.18. The van der Waals surface area contributed by atoms with Crippen molar-refractivity contribution in [1.82, 2.24) is 0 Å². The second kappa shape index (κ2) is 5.10. The molecular weight excluding hydrogens is 236 g/mol. The Bertz CT molecular complexity index is 574. The molecule has 3 nitrogen and oxygen atoms in total.